The van der Waals surface area contributed by atoms with Crippen molar-refractivity contribution in [3.8, 4) is 5.75 Å². The topological polar surface area (TPSA) is 47.6 Å². The number of rotatable bonds is 5. The summed E-state index contributed by atoms with van der Waals surface area (Å²) < 4.78 is 10.8. The van der Waals surface area contributed by atoms with Crippen molar-refractivity contribution in [3.05, 3.63) is 58.1 Å². The van der Waals surface area contributed by atoms with E-state index in [-0.39, 0.29) is 0 Å². The van der Waals surface area contributed by atoms with Crippen molar-refractivity contribution in [3.63, 3.8) is 0 Å². The predicted molar refractivity (Wildman–Crippen MR) is 92.3 cm³/mol. The van der Waals surface area contributed by atoms with E-state index in [0.717, 1.165) is 16.9 Å². The van der Waals surface area contributed by atoms with Gasteiger partial charge in [0.15, 0.2) is 0 Å². The lowest BCUT2D eigenvalue weighted by Gasteiger charge is -2.14. The van der Waals surface area contributed by atoms with Gasteiger partial charge in [-0.2, -0.15) is 0 Å². The Hall–Kier alpha value is -2.20. The number of aryl methyl sites for hydroxylation is 2. The Morgan fingerprint density at radius 1 is 1.17 bits per heavy atom. The van der Waals surface area contributed by atoms with Gasteiger partial charge in [-0.3, -0.25) is 5.32 Å². The first kappa shape index (κ1) is 17.2. The number of carbonyl (C=O) groups is 1. The Balaban J connectivity index is 2.14. The largest absolute Gasteiger partial charge is 0.489 e. The second kappa shape index (κ2) is 7.88. The first-order chi connectivity index (χ1) is 11.0. The van der Waals surface area contributed by atoms with Gasteiger partial charge in [0.1, 0.15) is 12.4 Å². The zero-order valence-corrected chi connectivity index (χ0v) is 14.2. The number of carbonyl (C=O) groups excluding carboxylic acids is 1. The standard InChI is InChI=1S/C18H20ClNO3/c1-4-22-18(21)20-16-10-15(19)7-6-14(16)11-23-17-8-5-12(2)9-13(17)3/h5-10H,4,11H2,1-3H3,(H,20,21). The highest BCUT2D eigenvalue weighted by atomic mass is 35.5. The fourth-order valence-corrected chi connectivity index (χ4v) is 2.36. The van der Waals surface area contributed by atoms with E-state index in [4.69, 9.17) is 21.1 Å². The van der Waals surface area contributed by atoms with Crippen LogP contribution in [0.1, 0.15) is 23.6 Å². The van der Waals surface area contributed by atoms with Gasteiger partial charge in [-0.25, -0.2) is 4.79 Å². The van der Waals surface area contributed by atoms with Crippen molar-refractivity contribution >= 4 is 23.4 Å². The summed E-state index contributed by atoms with van der Waals surface area (Å²) in [6.45, 7) is 6.42. The molecule has 0 radical (unpaired) electrons. The third kappa shape index (κ3) is 4.89. The molecule has 0 aliphatic carbocycles. The quantitative estimate of drug-likeness (QED) is 0.827. The summed E-state index contributed by atoms with van der Waals surface area (Å²) >= 11 is 6.00. The van der Waals surface area contributed by atoms with Crippen LogP contribution in [0.4, 0.5) is 10.5 Å². The van der Waals surface area contributed by atoms with Crippen LogP contribution in [0.25, 0.3) is 0 Å². The lowest BCUT2D eigenvalue weighted by Crippen LogP contribution is -2.15. The molecule has 4 nitrogen and oxygen atoms in total. The number of benzene rings is 2. The number of anilines is 1. The van der Waals surface area contributed by atoms with Gasteiger partial charge in [0, 0.05) is 10.6 Å². The van der Waals surface area contributed by atoms with Gasteiger partial charge in [-0.05, 0) is 44.5 Å². The average Bonchev–Trinajstić information content (AvgIpc) is 2.48. The molecule has 122 valence electrons. The molecule has 23 heavy (non-hydrogen) atoms. The summed E-state index contributed by atoms with van der Waals surface area (Å²) in [4.78, 5) is 11.6. The number of amides is 1. The van der Waals surface area contributed by atoms with E-state index in [2.05, 4.69) is 11.4 Å². The molecule has 0 heterocycles. The number of halogens is 1. The Morgan fingerprint density at radius 2 is 1.96 bits per heavy atom. The predicted octanol–water partition coefficient (Wildman–Crippen LogP) is 5.10. The molecule has 0 saturated heterocycles. The molecule has 1 N–H and O–H groups in total. The summed E-state index contributed by atoms with van der Waals surface area (Å²) in [5, 5.41) is 3.22. The molecule has 1 amide bonds. The van der Waals surface area contributed by atoms with Crippen LogP contribution in [-0.4, -0.2) is 12.7 Å². The molecule has 0 atom stereocenters. The monoisotopic (exact) mass is 333 g/mol. The van der Waals surface area contributed by atoms with Crippen LogP contribution < -0.4 is 10.1 Å². The van der Waals surface area contributed by atoms with Crippen molar-refractivity contribution in [2.24, 2.45) is 0 Å². The minimum absolute atomic E-state index is 0.306. The minimum atomic E-state index is -0.512. The number of hydrogen-bond acceptors (Lipinski definition) is 3. The molecule has 0 fully saturated rings. The Morgan fingerprint density at radius 3 is 2.65 bits per heavy atom. The van der Waals surface area contributed by atoms with Crippen molar-refractivity contribution in [2.75, 3.05) is 11.9 Å². The first-order valence-corrected chi connectivity index (χ1v) is 7.79. The smallest absolute Gasteiger partial charge is 0.411 e. The van der Waals surface area contributed by atoms with E-state index in [0.29, 0.717) is 23.9 Å². The molecule has 0 unspecified atom stereocenters. The number of ether oxygens (including phenoxy) is 2. The van der Waals surface area contributed by atoms with Gasteiger partial charge in [0.05, 0.1) is 12.3 Å². The summed E-state index contributed by atoms with van der Waals surface area (Å²) in [6, 6.07) is 11.3. The van der Waals surface area contributed by atoms with E-state index in [1.807, 2.05) is 32.0 Å². The SMILES string of the molecule is CCOC(=O)Nc1cc(Cl)ccc1COc1ccc(C)cc1C. The lowest BCUT2D eigenvalue weighted by atomic mass is 10.1. The minimum Gasteiger partial charge on any atom is -0.489 e. The van der Waals surface area contributed by atoms with Gasteiger partial charge in [-0.1, -0.05) is 35.4 Å². The van der Waals surface area contributed by atoms with E-state index < -0.39 is 6.09 Å². The number of hydrogen-bond donors (Lipinski definition) is 1. The summed E-state index contributed by atoms with van der Waals surface area (Å²) in [7, 11) is 0. The third-order valence-corrected chi connectivity index (χ3v) is 3.53. The van der Waals surface area contributed by atoms with Crippen LogP contribution in [0.3, 0.4) is 0 Å². The number of nitrogens with one attached hydrogen (secondary N) is 1. The molecule has 0 spiro atoms. The Bertz CT molecular complexity index is 701. The molecule has 0 bridgehead atoms. The van der Waals surface area contributed by atoms with Crippen LogP contribution in [0, 0.1) is 13.8 Å². The van der Waals surface area contributed by atoms with Crippen molar-refractivity contribution in [1.29, 1.82) is 0 Å². The van der Waals surface area contributed by atoms with E-state index in [9.17, 15) is 4.79 Å². The molecule has 0 aliphatic heterocycles. The molecule has 2 rings (SSSR count). The highest BCUT2D eigenvalue weighted by molar-refractivity contribution is 6.31. The van der Waals surface area contributed by atoms with Gasteiger partial charge in [-0.15, -0.1) is 0 Å². The second-order valence-electron chi connectivity index (χ2n) is 5.20. The Labute approximate surface area is 141 Å². The van der Waals surface area contributed by atoms with Crippen LogP contribution in [0.2, 0.25) is 5.02 Å². The zero-order chi connectivity index (χ0) is 16.8. The highest BCUT2D eigenvalue weighted by Gasteiger charge is 2.10. The normalized spacial score (nSPS) is 10.3. The van der Waals surface area contributed by atoms with Crippen LogP contribution in [0.5, 0.6) is 5.75 Å². The zero-order valence-electron chi connectivity index (χ0n) is 13.5. The molecule has 0 saturated carbocycles. The van der Waals surface area contributed by atoms with E-state index >= 15 is 0 Å². The molecule has 5 heteroatoms. The van der Waals surface area contributed by atoms with Crippen molar-refractivity contribution < 1.29 is 14.3 Å². The fraction of sp³-hybridized carbons (Fsp3) is 0.278. The molecule has 0 aromatic heterocycles. The molecule has 2 aromatic carbocycles. The van der Waals surface area contributed by atoms with Crippen molar-refractivity contribution in [2.45, 2.75) is 27.4 Å². The maximum absolute atomic E-state index is 11.6. The second-order valence-corrected chi connectivity index (χ2v) is 5.64. The molecule has 2 aromatic rings. The average molecular weight is 334 g/mol. The maximum atomic E-state index is 11.6. The van der Waals surface area contributed by atoms with Crippen molar-refractivity contribution in [1.82, 2.24) is 0 Å². The van der Waals surface area contributed by atoms with Gasteiger partial charge < -0.3 is 9.47 Å². The highest BCUT2D eigenvalue weighted by Crippen LogP contribution is 2.25. The summed E-state index contributed by atoms with van der Waals surface area (Å²) in [6.07, 6.45) is -0.512. The summed E-state index contributed by atoms with van der Waals surface area (Å²) in [5.41, 5.74) is 3.66. The summed E-state index contributed by atoms with van der Waals surface area (Å²) in [5.74, 6) is 0.813. The molecular formula is C18H20ClNO3. The van der Waals surface area contributed by atoms with Crippen LogP contribution in [-0.2, 0) is 11.3 Å². The molecule has 0 aliphatic rings. The third-order valence-electron chi connectivity index (χ3n) is 3.30. The van der Waals surface area contributed by atoms with Crippen LogP contribution >= 0.6 is 11.6 Å². The first-order valence-electron chi connectivity index (χ1n) is 7.42. The van der Waals surface area contributed by atoms with Crippen LogP contribution in [0.15, 0.2) is 36.4 Å². The van der Waals surface area contributed by atoms with Gasteiger partial charge in [0.25, 0.3) is 0 Å². The lowest BCUT2D eigenvalue weighted by molar-refractivity contribution is 0.168. The van der Waals surface area contributed by atoms with Gasteiger partial charge in [0.2, 0.25) is 0 Å². The molecular weight excluding hydrogens is 314 g/mol. The van der Waals surface area contributed by atoms with Gasteiger partial charge >= 0.3 is 6.09 Å². The maximum Gasteiger partial charge on any atom is 0.411 e. The van der Waals surface area contributed by atoms with E-state index in [1.54, 1.807) is 19.1 Å². The fourth-order valence-electron chi connectivity index (χ4n) is 2.18. The Kier molecular flexibility index (Phi) is 5.88. The van der Waals surface area contributed by atoms with E-state index in [1.165, 1.54) is 5.56 Å².